The summed E-state index contributed by atoms with van der Waals surface area (Å²) in [5.74, 6) is -0.0949. The van der Waals surface area contributed by atoms with Crippen molar-refractivity contribution in [2.45, 2.75) is 32.7 Å². The molecule has 0 aromatic heterocycles. The summed E-state index contributed by atoms with van der Waals surface area (Å²) in [6.07, 6.45) is 1.19. The summed E-state index contributed by atoms with van der Waals surface area (Å²) in [6, 6.07) is 7.23. The summed E-state index contributed by atoms with van der Waals surface area (Å²) in [7, 11) is 0. The molecule has 0 unspecified atom stereocenters. The zero-order chi connectivity index (χ0) is 14.3. The minimum atomic E-state index is -0.0949. The van der Waals surface area contributed by atoms with Gasteiger partial charge in [-0.25, -0.2) is 0 Å². The minimum Gasteiger partial charge on any atom is -0.325 e. The molecule has 0 fully saturated rings. The van der Waals surface area contributed by atoms with Gasteiger partial charge in [-0.3, -0.25) is 4.79 Å². The van der Waals surface area contributed by atoms with E-state index in [1.807, 2.05) is 6.07 Å². The number of nitriles is 1. The Morgan fingerprint density at radius 1 is 1.47 bits per heavy atom. The van der Waals surface area contributed by atoms with Gasteiger partial charge in [0.05, 0.1) is 22.3 Å². The Morgan fingerprint density at radius 2 is 2.21 bits per heavy atom. The zero-order valence-corrected chi connectivity index (χ0v) is 11.9. The van der Waals surface area contributed by atoms with E-state index in [0.29, 0.717) is 28.7 Å². The van der Waals surface area contributed by atoms with E-state index >= 15 is 0 Å². The molecule has 1 aromatic rings. The molecular formula is C14H18ClN3O. The Balaban J connectivity index is 2.46. The molecule has 0 aliphatic heterocycles. The average molecular weight is 280 g/mol. The molecule has 0 spiro atoms. The standard InChI is InChI=1S/C14H18ClN3O/c1-10(2)17-7-3-4-14(19)18-13-8-11(9-16)5-6-12(13)15/h5-6,8,10,17H,3-4,7H2,1-2H3,(H,18,19). The molecule has 0 aliphatic rings. The molecule has 0 bridgehead atoms. The molecule has 2 N–H and O–H groups in total. The van der Waals surface area contributed by atoms with Gasteiger partial charge in [-0.1, -0.05) is 25.4 Å². The van der Waals surface area contributed by atoms with Gasteiger partial charge in [0.15, 0.2) is 0 Å². The van der Waals surface area contributed by atoms with Crippen LogP contribution in [0.15, 0.2) is 18.2 Å². The van der Waals surface area contributed by atoms with E-state index in [1.165, 1.54) is 0 Å². The largest absolute Gasteiger partial charge is 0.325 e. The van der Waals surface area contributed by atoms with E-state index in [2.05, 4.69) is 24.5 Å². The van der Waals surface area contributed by atoms with Crippen molar-refractivity contribution in [3.8, 4) is 6.07 Å². The fourth-order valence-corrected chi connectivity index (χ4v) is 1.71. The fourth-order valence-electron chi connectivity index (χ4n) is 1.54. The van der Waals surface area contributed by atoms with Crippen molar-refractivity contribution in [2.75, 3.05) is 11.9 Å². The van der Waals surface area contributed by atoms with Crippen LogP contribution in [0.1, 0.15) is 32.3 Å². The van der Waals surface area contributed by atoms with E-state index in [-0.39, 0.29) is 5.91 Å². The molecule has 4 nitrogen and oxygen atoms in total. The molecule has 0 saturated heterocycles. The second-order valence-corrected chi connectivity index (χ2v) is 4.97. The van der Waals surface area contributed by atoms with Crippen LogP contribution in [0.4, 0.5) is 5.69 Å². The Hall–Kier alpha value is -1.57. The molecule has 102 valence electrons. The number of nitrogens with one attached hydrogen (secondary N) is 2. The predicted molar refractivity (Wildman–Crippen MR) is 77.2 cm³/mol. The lowest BCUT2D eigenvalue weighted by Crippen LogP contribution is -2.24. The van der Waals surface area contributed by atoms with E-state index in [4.69, 9.17) is 16.9 Å². The first-order valence-corrected chi connectivity index (χ1v) is 6.63. The number of halogens is 1. The van der Waals surface area contributed by atoms with Gasteiger partial charge in [0, 0.05) is 12.5 Å². The van der Waals surface area contributed by atoms with E-state index in [1.54, 1.807) is 18.2 Å². The maximum atomic E-state index is 11.7. The summed E-state index contributed by atoms with van der Waals surface area (Å²) in [6.45, 7) is 4.93. The summed E-state index contributed by atoms with van der Waals surface area (Å²) in [5, 5.41) is 15.2. The lowest BCUT2D eigenvalue weighted by Gasteiger charge is -2.09. The number of benzene rings is 1. The third-order valence-corrected chi connectivity index (χ3v) is 2.83. The van der Waals surface area contributed by atoms with Gasteiger partial charge >= 0.3 is 0 Å². The summed E-state index contributed by atoms with van der Waals surface area (Å²) in [4.78, 5) is 11.7. The molecule has 0 heterocycles. The number of amides is 1. The number of carbonyl (C=O) groups is 1. The summed E-state index contributed by atoms with van der Waals surface area (Å²) < 4.78 is 0. The normalized spacial score (nSPS) is 10.3. The van der Waals surface area contributed by atoms with E-state index in [9.17, 15) is 4.79 Å². The van der Waals surface area contributed by atoms with Crippen LogP contribution in [0, 0.1) is 11.3 Å². The predicted octanol–water partition coefficient (Wildman–Crippen LogP) is 2.93. The highest BCUT2D eigenvalue weighted by Gasteiger charge is 2.07. The van der Waals surface area contributed by atoms with Crippen LogP contribution < -0.4 is 10.6 Å². The van der Waals surface area contributed by atoms with Crippen molar-refractivity contribution < 1.29 is 4.79 Å². The molecule has 5 heteroatoms. The first-order valence-electron chi connectivity index (χ1n) is 6.26. The third-order valence-electron chi connectivity index (χ3n) is 2.50. The second kappa shape index (κ2) is 7.78. The first kappa shape index (κ1) is 15.5. The van der Waals surface area contributed by atoms with Crippen LogP contribution in [0.25, 0.3) is 0 Å². The van der Waals surface area contributed by atoms with Crippen molar-refractivity contribution in [3.05, 3.63) is 28.8 Å². The van der Waals surface area contributed by atoms with Crippen LogP contribution in [0.3, 0.4) is 0 Å². The monoisotopic (exact) mass is 279 g/mol. The van der Waals surface area contributed by atoms with Gasteiger partial charge < -0.3 is 10.6 Å². The maximum Gasteiger partial charge on any atom is 0.224 e. The zero-order valence-electron chi connectivity index (χ0n) is 11.2. The number of anilines is 1. The van der Waals surface area contributed by atoms with Crippen molar-refractivity contribution in [1.82, 2.24) is 5.32 Å². The van der Waals surface area contributed by atoms with Crippen molar-refractivity contribution in [1.29, 1.82) is 5.26 Å². The van der Waals surface area contributed by atoms with Gasteiger partial charge in [0.2, 0.25) is 5.91 Å². The smallest absolute Gasteiger partial charge is 0.224 e. The van der Waals surface area contributed by atoms with Crippen molar-refractivity contribution in [2.24, 2.45) is 0 Å². The lowest BCUT2D eigenvalue weighted by atomic mass is 10.2. The average Bonchev–Trinajstić information content (AvgIpc) is 2.37. The SMILES string of the molecule is CC(C)NCCCC(=O)Nc1cc(C#N)ccc1Cl. The number of hydrogen-bond acceptors (Lipinski definition) is 3. The number of nitrogens with zero attached hydrogens (tertiary/aromatic N) is 1. The number of rotatable bonds is 6. The molecule has 1 aromatic carbocycles. The molecule has 1 amide bonds. The van der Waals surface area contributed by atoms with Crippen LogP contribution >= 0.6 is 11.6 Å². The highest BCUT2D eigenvalue weighted by atomic mass is 35.5. The number of hydrogen-bond donors (Lipinski definition) is 2. The van der Waals surface area contributed by atoms with Gasteiger partial charge in [0.25, 0.3) is 0 Å². The number of carbonyl (C=O) groups excluding carboxylic acids is 1. The van der Waals surface area contributed by atoms with Crippen molar-refractivity contribution >= 4 is 23.2 Å². The maximum absolute atomic E-state index is 11.7. The van der Waals surface area contributed by atoms with Gasteiger partial charge in [0.1, 0.15) is 0 Å². The van der Waals surface area contributed by atoms with E-state index < -0.39 is 0 Å². The quantitative estimate of drug-likeness (QED) is 0.787. The molecule has 1 rings (SSSR count). The van der Waals surface area contributed by atoms with Crippen LogP contribution in [-0.2, 0) is 4.79 Å². The molecule has 0 atom stereocenters. The van der Waals surface area contributed by atoms with Crippen LogP contribution in [0.5, 0.6) is 0 Å². The summed E-state index contributed by atoms with van der Waals surface area (Å²) >= 11 is 5.96. The molecule has 0 saturated carbocycles. The molecular weight excluding hydrogens is 262 g/mol. The lowest BCUT2D eigenvalue weighted by molar-refractivity contribution is -0.116. The topological polar surface area (TPSA) is 64.9 Å². The Kier molecular flexibility index (Phi) is 6.34. The Bertz CT molecular complexity index is 480. The first-order chi connectivity index (χ1) is 9.02. The van der Waals surface area contributed by atoms with Gasteiger partial charge in [-0.05, 0) is 31.2 Å². The van der Waals surface area contributed by atoms with Crippen molar-refractivity contribution in [3.63, 3.8) is 0 Å². The van der Waals surface area contributed by atoms with Crippen LogP contribution in [-0.4, -0.2) is 18.5 Å². The second-order valence-electron chi connectivity index (χ2n) is 4.57. The fraction of sp³-hybridized carbons (Fsp3) is 0.429. The third kappa shape index (κ3) is 5.73. The Labute approximate surface area is 118 Å². The Morgan fingerprint density at radius 3 is 2.84 bits per heavy atom. The highest BCUT2D eigenvalue weighted by molar-refractivity contribution is 6.33. The van der Waals surface area contributed by atoms with Gasteiger partial charge in [-0.15, -0.1) is 0 Å². The minimum absolute atomic E-state index is 0.0949. The van der Waals surface area contributed by atoms with Crippen LogP contribution in [0.2, 0.25) is 5.02 Å². The highest BCUT2D eigenvalue weighted by Crippen LogP contribution is 2.22. The summed E-state index contributed by atoms with van der Waals surface area (Å²) in [5.41, 5.74) is 0.962. The van der Waals surface area contributed by atoms with E-state index in [0.717, 1.165) is 13.0 Å². The molecule has 19 heavy (non-hydrogen) atoms. The van der Waals surface area contributed by atoms with Gasteiger partial charge in [-0.2, -0.15) is 5.26 Å². The molecule has 0 radical (unpaired) electrons. The molecule has 0 aliphatic carbocycles.